The summed E-state index contributed by atoms with van der Waals surface area (Å²) < 4.78 is 10.7. The smallest absolute Gasteiger partial charge is 0.160 e. The molecule has 0 unspecified atom stereocenters. The lowest BCUT2D eigenvalue weighted by Gasteiger charge is -2.32. The van der Waals surface area contributed by atoms with Crippen LogP contribution in [0.25, 0.3) is 0 Å². The van der Waals surface area contributed by atoms with Gasteiger partial charge < -0.3 is 14.4 Å². The number of hydrogen-bond acceptors (Lipinski definition) is 4. The molecule has 1 atom stereocenters. The lowest BCUT2D eigenvalue weighted by atomic mass is 9.70. The van der Waals surface area contributed by atoms with Crippen molar-refractivity contribution >= 4 is 23.2 Å². The van der Waals surface area contributed by atoms with Gasteiger partial charge in [-0.3, -0.25) is 0 Å². The average Bonchev–Trinajstić information content (AvgIpc) is 2.76. The fourth-order valence-corrected chi connectivity index (χ4v) is 4.18. The largest absolute Gasteiger partial charge is 0.493 e. The first-order valence-corrected chi connectivity index (χ1v) is 11.3. The highest BCUT2D eigenvalue weighted by molar-refractivity contribution is 6.42. The van der Waals surface area contributed by atoms with Crippen LogP contribution in [0, 0.1) is 17.2 Å². The number of hydrogen-bond donors (Lipinski definition) is 0. The third-order valence-corrected chi connectivity index (χ3v) is 6.70. The Bertz CT molecular complexity index is 911. The maximum Gasteiger partial charge on any atom is 0.160 e. The molecule has 168 valence electrons. The number of halogens is 2. The van der Waals surface area contributed by atoms with Gasteiger partial charge in [-0.1, -0.05) is 49.2 Å². The SMILES string of the molecule is COc1ccc(CCN(C)CCC[C@@](C#N)(c2ccc(Cl)c(Cl)c2)C(C)C)cc1OC. The zero-order valence-corrected chi connectivity index (χ0v) is 20.6. The highest BCUT2D eigenvalue weighted by atomic mass is 35.5. The molecule has 0 bridgehead atoms. The summed E-state index contributed by atoms with van der Waals surface area (Å²) in [6.45, 7) is 6.01. The predicted octanol–water partition coefficient (Wildman–Crippen LogP) is 6.38. The zero-order chi connectivity index (χ0) is 23.0. The fourth-order valence-electron chi connectivity index (χ4n) is 3.89. The van der Waals surface area contributed by atoms with E-state index in [0.29, 0.717) is 10.0 Å². The molecule has 0 radical (unpaired) electrons. The van der Waals surface area contributed by atoms with Crippen LogP contribution in [0.4, 0.5) is 0 Å². The van der Waals surface area contributed by atoms with E-state index < -0.39 is 5.41 Å². The van der Waals surface area contributed by atoms with Crippen LogP contribution in [0.15, 0.2) is 36.4 Å². The van der Waals surface area contributed by atoms with Gasteiger partial charge in [-0.05, 0) is 74.2 Å². The molecule has 2 aromatic rings. The molecular formula is C25H32Cl2N2O2. The second-order valence-corrected chi connectivity index (χ2v) is 9.03. The second kappa shape index (κ2) is 11.6. The van der Waals surface area contributed by atoms with E-state index in [4.69, 9.17) is 32.7 Å². The summed E-state index contributed by atoms with van der Waals surface area (Å²) >= 11 is 12.3. The molecule has 0 fully saturated rings. The Balaban J connectivity index is 1.98. The van der Waals surface area contributed by atoms with Gasteiger partial charge in [0.15, 0.2) is 11.5 Å². The normalized spacial score (nSPS) is 13.2. The Morgan fingerprint density at radius 3 is 2.29 bits per heavy atom. The Labute approximate surface area is 196 Å². The van der Waals surface area contributed by atoms with Crippen molar-refractivity contribution in [2.75, 3.05) is 34.4 Å². The molecule has 0 saturated heterocycles. The van der Waals surface area contributed by atoms with E-state index in [1.54, 1.807) is 20.3 Å². The Hall–Kier alpha value is -1.93. The lowest BCUT2D eigenvalue weighted by Crippen LogP contribution is -2.32. The highest BCUT2D eigenvalue weighted by Gasteiger charge is 2.36. The van der Waals surface area contributed by atoms with E-state index in [2.05, 4.69) is 37.9 Å². The molecular weight excluding hydrogens is 431 g/mol. The lowest BCUT2D eigenvalue weighted by molar-refractivity contribution is 0.293. The topological polar surface area (TPSA) is 45.5 Å². The molecule has 0 aliphatic rings. The number of ether oxygens (including phenoxy) is 2. The Morgan fingerprint density at radius 1 is 1.00 bits per heavy atom. The third kappa shape index (κ3) is 6.29. The molecule has 0 N–H and O–H groups in total. The molecule has 0 spiro atoms. The fraction of sp³-hybridized carbons (Fsp3) is 0.480. The van der Waals surface area contributed by atoms with E-state index >= 15 is 0 Å². The van der Waals surface area contributed by atoms with Crippen LogP contribution in [0.2, 0.25) is 10.0 Å². The van der Waals surface area contributed by atoms with Gasteiger partial charge in [-0.2, -0.15) is 5.26 Å². The van der Waals surface area contributed by atoms with Gasteiger partial charge in [0.05, 0.1) is 35.7 Å². The first-order chi connectivity index (χ1) is 14.8. The average molecular weight is 463 g/mol. The Kier molecular flexibility index (Phi) is 9.50. The molecule has 2 rings (SSSR count). The van der Waals surface area contributed by atoms with Crippen molar-refractivity contribution in [1.82, 2.24) is 4.90 Å². The van der Waals surface area contributed by atoms with Gasteiger partial charge >= 0.3 is 0 Å². The minimum absolute atomic E-state index is 0.159. The molecule has 0 aliphatic carbocycles. The van der Waals surface area contributed by atoms with E-state index in [0.717, 1.165) is 49.4 Å². The maximum atomic E-state index is 10.1. The molecule has 4 nitrogen and oxygen atoms in total. The number of nitrogens with zero attached hydrogens (tertiary/aromatic N) is 2. The van der Waals surface area contributed by atoms with Crippen LogP contribution in [0.1, 0.15) is 37.8 Å². The molecule has 0 saturated carbocycles. The van der Waals surface area contributed by atoms with Gasteiger partial charge in [0.25, 0.3) is 0 Å². The second-order valence-electron chi connectivity index (χ2n) is 8.21. The first-order valence-electron chi connectivity index (χ1n) is 10.5. The summed E-state index contributed by atoms with van der Waals surface area (Å²) in [4.78, 5) is 2.30. The van der Waals surface area contributed by atoms with Crippen molar-refractivity contribution in [3.05, 3.63) is 57.6 Å². The monoisotopic (exact) mass is 462 g/mol. The predicted molar refractivity (Wildman–Crippen MR) is 129 cm³/mol. The summed E-state index contributed by atoms with van der Waals surface area (Å²) in [6, 6.07) is 14.2. The Morgan fingerprint density at radius 2 is 1.71 bits per heavy atom. The van der Waals surface area contributed by atoms with Gasteiger partial charge in [0.1, 0.15) is 0 Å². The van der Waals surface area contributed by atoms with Crippen molar-refractivity contribution < 1.29 is 9.47 Å². The number of nitriles is 1. The quantitative estimate of drug-likeness (QED) is 0.388. The molecule has 0 aromatic heterocycles. The van der Waals surface area contributed by atoms with E-state index in [9.17, 15) is 5.26 Å². The van der Waals surface area contributed by atoms with Crippen molar-refractivity contribution in [2.45, 2.75) is 38.5 Å². The van der Waals surface area contributed by atoms with E-state index in [1.165, 1.54) is 5.56 Å². The van der Waals surface area contributed by atoms with Gasteiger partial charge in [-0.15, -0.1) is 0 Å². The van der Waals surface area contributed by atoms with E-state index in [-0.39, 0.29) is 5.92 Å². The van der Waals surface area contributed by atoms with Crippen molar-refractivity contribution in [3.8, 4) is 17.6 Å². The van der Waals surface area contributed by atoms with Crippen molar-refractivity contribution in [1.29, 1.82) is 5.26 Å². The van der Waals surface area contributed by atoms with Gasteiger partial charge in [-0.25, -0.2) is 0 Å². The number of methoxy groups -OCH3 is 2. The van der Waals surface area contributed by atoms with Crippen molar-refractivity contribution in [2.24, 2.45) is 5.92 Å². The first kappa shape index (κ1) is 25.3. The summed E-state index contributed by atoms with van der Waals surface area (Å²) in [5, 5.41) is 11.1. The number of benzene rings is 2. The number of likely N-dealkylation sites (N-methyl/N-ethyl adjacent to an activating group) is 1. The molecule has 0 aliphatic heterocycles. The molecule has 6 heteroatoms. The molecule has 0 heterocycles. The minimum Gasteiger partial charge on any atom is -0.493 e. The third-order valence-electron chi connectivity index (χ3n) is 5.96. The highest BCUT2D eigenvalue weighted by Crippen LogP contribution is 2.39. The summed E-state index contributed by atoms with van der Waals surface area (Å²) in [5.41, 5.74) is 1.56. The molecule has 0 amide bonds. The molecule has 2 aromatic carbocycles. The standard InChI is InChI=1S/C25H32Cl2N2O2/c1-18(2)25(17-28,20-8-9-21(26)22(27)16-20)12-6-13-29(3)14-11-19-7-10-23(30-4)24(15-19)31-5/h7-10,15-16,18H,6,11-14H2,1-5H3/t25-/m0/s1. The minimum atomic E-state index is -0.585. The van der Waals surface area contributed by atoms with E-state index in [1.807, 2.05) is 24.3 Å². The van der Waals surface area contributed by atoms with Crippen LogP contribution in [0.3, 0.4) is 0 Å². The maximum absolute atomic E-state index is 10.1. The summed E-state index contributed by atoms with van der Waals surface area (Å²) in [5.74, 6) is 1.65. The van der Waals surface area contributed by atoms with Gasteiger partial charge in [0.2, 0.25) is 0 Å². The van der Waals surface area contributed by atoms with Crippen LogP contribution in [-0.2, 0) is 11.8 Å². The van der Waals surface area contributed by atoms with Crippen molar-refractivity contribution in [3.63, 3.8) is 0 Å². The van der Waals surface area contributed by atoms with Crippen LogP contribution in [0.5, 0.6) is 11.5 Å². The van der Waals surface area contributed by atoms with Crippen LogP contribution >= 0.6 is 23.2 Å². The zero-order valence-electron chi connectivity index (χ0n) is 19.0. The van der Waals surface area contributed by atoms with Crippen LogP contribution in [-0.4, -0.2) is 39.3 Å². The summed E-state index contributed by atoms with van der Waals surface area (Å²) in [7, 11) is 5.41. The van der Waals surface area contributed by atoms with Gasteiger partial charge in [0, 0.05) is 6.54 Å². The van der Waals surface area contributed by atoms with Crippen LogP contribution < -0.4 is 9.47 Å². The number of rotatable bonds is 11. The summed E-state index contributed by atoms with van der Waals surface area (Å²) in [6.07, 6.45) is 2.59. The molecule has 31 heavy (non-hydrogen) atoms.